The molecule has 1 aliphatic heterocycles. The van der Waals surface area contributed by atoms with Crippen molar-refractivity contribution in [2.24, 2.45) is 0 Å². The lowest BCUT2D eigenvalue weighted by Gasteiger charge is -2.21. The highest BCUT2D eigenvalue weighted by molar-refractivity contribution is 6.07. The molecule has 20 heavy (non-hydrogen) atoms. The first-order chi connectivity index (χ1) is 9.81. The lowest BCUT2D eigenvalue weighted by molar-refractivity contribution is 0.0945. The Balaban J connectivity index is 2.17. The highest BCUT2D eigenvalue weighted by atomic mass is 16.3. The Bertz CT molecular complexity index is 655. The van der Waals surface area contributed by atoms with Gasteiger partial charge in [0.15, 0.2) is 0 Å². The van der Waals surface area contributed by atoms with E-state index in [1.54, 1.807) is 0 Å². The molecule has 1 aliphatic rings. The van der Waals surface area contributed by atoms with E-state index >= 15 is 0 Å². The Morgan fingerprint density at radius 1 is 1.40 bits per heavy atom. The van der Waals surface area contributed by atoms with Crippen LogP contribution in [0, 0.1) is 0 Å². The number of para-hydroxylation sites is 1. The van der Waals surface area contributed by atoms with Gasteiger partial charge < -0.3 is 15.7 Å². The van der Waals surface area contributed by atoms with Gasteiger partial charge in [-0.2, -0.15) is 0 Å². The molecule has 0 atom stereocenters. The molecule has 2 heterocycles. The van der Waals surface area contributed by atoms with Gasteiger partial charge >= 0.3 is 0 Å². The maximum absolute atomic E-state index is 12.4. The minimum atomic E-state index is -0.141. The first kappa shape index (κ1) is 13.0. The number of benzene rings is 1. The normalized spacial score (nSPS) is 14.1. The summed E-state index contributed by atoms with van der Waals surface area (Å²) in [5.74, 6) is -0.141. The summed E-state index contributed by atoms with van der Waals surface area (Å²) < 4.78 is 0. The lowest BCUT2D eigenvalue weighted by Crippen LogP contribution is -2.32. The molecule has 5 heteroatoms. The number of nitrogens with zero attached hydrogens (tertiary/aromatic N) is 1. The maximum Gasteiger partial charge on any atom is 0.252 e. The number of carbonyl (C=O) groups is 1. The van der Waals surface area contributed by atoms with E-state index in [-0.39, 0.29) is 19.1 Å². The van der Waals surface area contributed by atoms with Crippen LogP contribution in [0.15, 0.2) is 24.3 Å². The molecule has 5 nitrogen and oxygen atoms in total. The number of amides is 1. The molecule has 0 aliphatic carbocycles. The predicted octanol–water partition coefficient (Wildman–Crippen LogP) is 0.603. The minimum absolute atomic E-state index is 0.0603. The van der Waals surface area contributed by atoms with Crippen LogP contribution in [0.1, 0.15) is 21.6 Å². The van der Waals surface area contributed by atoms with E-state index in [1.165, 1.54) is 0 Å². The first-order valence-corrected chi connectivity index (χ1v) is 6.81. The number of aliphatic hydroxyl groups is 1. The second-order valence-corrected chi connectivity index (χ2v) is 4.84. The van der Waals surface area contributed by atoms with Gasteiger partial charge in [-0.05, 0) is 6.07 Å². The molecule has 3 N–H and O–H groups in total. The summed E-state index contributed by atoms with van der Waals surface area (Å²) in [5.41, 5.74) is 3.51. The highest BCUT2D eigenvalue weighted by Gasteiger charge is 2.21. The molecule has 1 amide bonds. The zero-order valence-corrected chi connectivity index (χ0v) is 11.1. The number of rotatable bonds is 3. The molecule has 0 spiro atoms. The van der Waals surface area contributed by atoms with E-state index in [4.69, 9.17) is 5.11 Å². The smallest absolute Gasteiger partial charge is 0.252 e. The van der Waals surface area contributed by atoms with E-state index in [0.717, 1.165) is 35.1 Å². The molecule has 0 bridgehead atoms. The average molecular weight is 271 g/mol. The zero-order valence-electron chi connectivity index (χ0n) is 11.1. The lowest BCUT2D eigenvalue weighted by atomic mass is 9.96. The van der Waals surface area contributed by atoms with Gasteiger partial charge in [0.05, 0.1) is 17.7 Å². The molecule has 0 unspecified atom stereocenters. The fraction of sp³-hybridized carbons (Fsp3) is 0.333. The Kier molecular flexibility index (Phi) is 3.62. The number of pyridine rings is 1. The second-order valence-electron chi connectivity index (χ2n) is 4.84. The number of hydrogen-bond acceptors (Lipinski definition) is 4. The number of aromatic nitrogens is 1. The van der Waals surface area contributed by atoms with Gasteiger partial charge in [-0.1, -0.05) is 18.2 Å². The van der Waals surface area contributed by atoms with Gasteiger partial charge in [0.2, 0.25) is 0 Å². The van der Waals surface area contributed by atoms with Crippen LogP contribution in [-0.2, 0) is 13.0 Å². The van der Waals surface area contributed by atoms with Crippen LogP contribution < -0.4 is 10.6 Å². The summed E-state index contributed by atoms with van der Waals surface area (Å²) >= 11 is 0. The van der Waals surface area contributed by atoms with E-state index < -0.39 is 0 Å². The molecule has 104 valence electrons. The quantitative estimate of drug-likeness (QED) is 0.764. The number of nitrogens with one attached hydrogen (secondary N) is 2. The van der Waals surface area contributed by atoms with Crippen molar-refractivity contribution in [3.8, 4) is 0 Å². The SMILES string of the molecule is O=C(NCCO)c1c2c(nc3ccccc13)CCNC2. The van der Waals surface area contributed by atoms with Crippen molar-refractivity contribution in [2.45, 2.75) is 13.0 Å². The van der Waals surface area contributed by atoms with E-state index in [0.29, 0.717) is 12.1 Å². The molecule has 0 radical (unpaired) electrons. The third-order valence-corrected chi connectivity index (χ3v) is 3.54. The summed E-state index contributed by atoms with van der Waals surface area (Å²) in [7, 11) is 0. The first-order valence-electron chi connectivity index (χ1n) is 6.81. The Morgan fingerprint density at radius 2 is 2.25 bits per heavy atom. The van der Waals surface area contributed by atoms with Gasteiger partial charge in [0.1, 0.15) is 0 Å². The van der Waals surface area contributed by atoms with Gasteiger partial charge in [0, 0.05) is 42.7 Å². The van der Waals surface area contributed by atoms with Crippen LogP contribution in [0.5, 0.6) is 0 Å². The van der Waals surface area contributed by atoms with Crippen LogP contribution in [-0.4, -0.2) is 35.7 Å². The van der Waals surface area contributed by atoms with Crippen LogP contribution in [0.3, 0.4) is 0 Å². The maximum atomic E-state index is 12.4. The van der Waals surface area contributed by atoms with Crippen molar-refractivity contribution >= 4 is 16.8 Å². The zero-order chi connectivity index (χ0) is 13.9. The number of aliphatic hydroxyl groups excluding tert-OH is 1. The Labute approximate surface area is 117 Å². The van der Waals surface area contributed by atoms with E-state index in [2.05, 4.69) is 15.6 Å². The average Bonchev–Trinajstić information content (AvgIpc) is 2.50. The van der Waals surface area contributed by atoms with Crippen LogP contribution in [0.4, 0.5) is 0 Å². The molecule has 3 rings (SSSR count). The van der Waals surface area contributed by atoms with Crippen molar-refractivity contribution in [1.82, 2.24) is 15.6 Å². The topological polar surface area (TPSA) is 74.2 Å². The highest BCUT2D eigenvalue weighted by Crippen LogP contribution is 2.25. The fourth-order valence-corrected chi connectivity index (χ4v) is 2.64. The summed E-state index contributed by atoms with van der Waals surface area (Å²) in [5, 5.41) is 15.8. The Morgan fingerprint density at radius 3 is 3.10 bits per heavy atom. The molecule has 1 aromatic carbocycles. The molecule has 0 fully saturated rings. The number of fused-ring (bicyclic) bond motifs is 2. The number of hydrogen-bond donors (Lipinski definition) is 3. The van der Waals surface area contributed by atoms with Crippen molar-refractivity contribution < 1.29 is 9.90 Å². The predicted molar refractivity (Wildman–Crippen MR) is 76.6 cm³/mol. The van der Waals surface area contributed by atoms with Gasteiger partial charge in [-0.15, -0.1) is 0 Å². The van der Waals surface area contributed by atoms with Gasteiger partial charge in [-0.25, -0.2) is 0 Å². The van der Waals surface area contributed by atoms with Crippen molar-refractivity contribution in [2.75, 3.05) is 19.7 Å². The summed E-state index contributed by atoms with van der Waals surface area (Å²) in [4.78, 5) is 17.1. The van der Waals surface area contributed by atoms with Crippen LogP contribution >= 0.6 is 0 Å². The van der Waals surface area contributed by atoms with Crippen molar-refractivity contribution in [3.63, 3.8) is 0 Å². The summed E-state index contributed by atoms with van der Waals surface area (Å²) in [6, 6.07) is 7.69. The second kappa shape index (κ2) is 5.56. The third-order valence-electron chi connectivity index (χ3n) is 3.54. The molecule has 2 aromatic rings. The molecular formula is C15H17N3O2. The van der Waals surface area contributed by atoms with Crippen molar-refractivity contribution in [3.05, 3.63) is 41.1 Å². The molecule has 0 saturated heterocycles. The largest absolute Gasteiger partial charge is 0.395 e. The fourth-order valence-electron chi connectivity index (χ4n) is 2.64. The Hall–Kier alpha value is -1.98. The van der Waals surface area contributed by atoms with Gasteiger partial charge in [0.25, 0.3) is 5.91 Å². The van der Waals surface area contributed by atoms with E-state index in [9.17, 15) is 4.79 Å². The summed E-state index contributed by atoms with van der Waals surface area (Å²) in [6.45, 7) is 1.75. The molecule has 0 saturated carbocycles. The minimum Gasteiger partial charge on any atom is -0.395 e. The van der Waals surface area contributed by atoms with Crippen LogP contribution in [0.25, 0.3) is 10.9 Å². The van der Waals surface area contributed by atoms with Gasteiger partial charge in [-0.3, -0.25) is 9.78 Å². The monoisotopic (exact) mass is 271 g/mol. The van der Waals surface area contributed by atoms with Crippen molar-refractivity contribution in [1.29, 1.82) is 0 Å². The third kappa shape index (κ3) is 2.26. The van der Waals surface area contributed by atoms with E-state index in [1.807, 2.05) is 24.3 Å². The molecular weight excluding hydrogens is 254 g/mol. The standard InChI is InChI=1S/C15H17N3O2/c19-8-7-17-15(20)14-10-3-1-2-4-12(10)18-13-5-6-16-9-11(13)14/h1-4,16,19H,5-9H2,(H,17,20). The molecule has 1 aromatic heterocycles. The summed E-state index contributed by atoms with van der Waals surface area (Å²) in [6.07, 6.45) is 0.834. The van der Waals surface area contributed by atoms with Crippen LogP contribution in [0.2, 0.25) is 0 Å². The number of carbonyl (C=O) groups excluding carboxylic acids is 1.